The first-order valence-electron chi connectivity index (χ1n) is 6.28. The topological polar surface area (TPSA) is 41.1 Å². The molecule has 1 heterocycles. The van der Waals surface area contributed by atoms with Gasteiger partial charge in [0, 0.05) is 12.6 Å². The Bertz CT molecular complexity index is 220. The van der Waals surface area contributed by atoms with Gasteiger partial charge in [-0.15, -0.1) is 0 Å². The molecular formula is C12H22N2O. The summed E-state index contributed by atoms with van der Waals surface area (Å²) in [4.78, 5) is 11.9. The number of piperidine rings is 1. The normalized spacial score (nSPS) is 29.3. The van der Waals surface area contributed by atoms with Crippen LogP contribution in [0.2, 0.25) is 0 Å². The van der Waals surface area contributed by atoms with Crippen LogP contribution in [-0.4, -0.2) is 25.0 Å². The van der Waals surface area contributed by atoms with Crippen molar-refractivity contribution in [3.05, 3.63) is 0 Å². The highest BCUT2D eigenvalue weighted by Crippen LogP contribution is 2.29. The molecule has 0 aromatic carbocycles. The minimum atomic E-state index is 0.210. The van der Waals surface area contributed by atoms with Crippen molar-refractivity contribution in [3.63, 3.8) is 0 Å². The van der Waals surface area contributed by atoms with Gasteiger partial charge in [0.05, 0.1) is 5.92 Å². The van der Waals surface area contributed by atoms with E-state index in [1.54, 1.807) is 0 Å². The largest absolute Gasteiger partial charge is 0.353 e. The molecule has 0 aromatic rings. The molecule has 1 saturated carbocycles. The average Bonchev–Trinajstić information content (AvgIpc) is 2.16. The van der Waals surface area contributed by atoms with Crippen LogP contribution in [0.5, 0.6) is 0 Å². The van der Waals surface area contributed by atoms with Gasteiger partial charge in [-0.25, -0.2) is 0 Å². The number of carbonyl (C=O) groups excluding carboxylic acids is 1. The SMILES string of the molecule is C[C@@H](NC(=O)C1CCCNC1)C1CCC1. The second-order valence-corrected chi connectivity index (χ2v) is 5.03. The Morgan fingerprint density at radius 1 is 1.33 bits per heavy atom. The van der Waals surface area contributed by atoms with E-state index in [1.807, 2.05) is 0 Å². The third kappa shape index (κ3) is 2.71. The summed E-state index contributed by atoms with van der Waals surface area (Å²) in [5.74, 6) is 1.22. The Balaban J connectivity index is 1.74. The lowest BCUT2D eigenvalue weighted by Crippen LogP contribution is -2.46. The average molecular weight is 210 g/mol. The summed E-state index contributed by atoms with van der Waals surface area (Å²) in [5.41, 5.74) is 0. The van der Waals surface area contributed by atoms with Crippen molar-refractivity contribution in [3.8, 4) is 0 Å². The molecule has 0 bridgehead atoms. The molecule has 2 rings (SSSR count). The van der Waals surface area contributed by atoms with E-state index in [1.165, 1.54) is 19.3 Å². The monoisotopic (exact) mass is 210 g/mol. The Morgan fingerprint density at radius 3 is 2.67 bits per heavy atom. The van der Waals surface area contributed by atoms with Gasteiger partial charge in [-0.2, -0.15) is 0 Å². The molecule has 1 amide bonds. The standard InChI is InChI=1S/C12H22N2O/c1-9(10-4-2-5-10)14-12(15)11-6-3-7-13-8-11/h9-11,13H,2-8H2,1H3,(H,14,15)/t9-,11?/m1/s1. The zero-order valence-corrected chi connectivity index (χ0v) is 9.59. The summed E-state index contributed by atoms with van der Waals surface area (Å²) in [5, 5.41) is 6.46. The molecule has 1 saturated heterocycles. The molecule has 1 aliphatic heterocycles. The van der Waals surface area contributed by atoms with Gasteiger partial charge in [-0.05, 0) is 45.1 Å². The quantitative estimate of drug-likeness (QED) is 0.737. The number of hydrogen-bond acceptors (Lipinski definition) is 2. The maximum absolute atomic E-state index is 11.9. The summed E-state index contributed by atoms with van der Waals surface area (Å²) in [7, 11) is 0. The number of rotatable bonds is 3. The molecule has 1 unspecified atom stereocenters. The lowest BCUT2D eigenvalue weighted by Gasteiger charge is -2.33. The zero-order valence-electron chi connectivity index (χ0n) is 9.59. The molecular weight excluding hydrogens is 188 g/mol. The first-order valence-corrected chi connectivity index (χ1v) is 6.28. The molecule has 2 N–H and O–H groups in total. The van der Waals surface area contributed by atoms with Crippen molar-refractivity contribution in [1.29, 1.82) is 0 Å². The fourth-order valence-electron chi connectivity index (χ4n) is 2.48. The molecule has 15 heavy (non-hydrogen) atoms. The van der Waals surface area contributed by atoms with E-state index in [0.29, 0.717) is 6.04 Å². The van der Waals surface area contributed by atoms with Crippen molar-refractivity contribution in [2.75, 3.05) is 13.1 Å². The Labute approximate surface area is 92.0 Å². The molecule has 1 aliphatic carbocycles. The smallest absolute Gasteiger partial charge is 0.224 e. The van der Waals surface area contributed by atoms with E-state index in [4.69, 9.17) is 0 Å². The van der Waals surface area contributed by atoms with Crippen LogP contribution in [0.3, 0.4) is 0 Å². The number of amides is 1. The minimum Gasteiger partial charge on any atom is -0.353 e. The molecule has 2 atom stereocenters. The van der Waals surface area contributed by atoms with E-state index in [0.717, 1.165) is 31.8 Å². The van der Waals surface area contributed by atoms with Crippen LogP contribution in [0.15, 0.2) is 0 Å². The van der Waals surface area contributed by atoms with E-state index < -0.39 is 0 Å². The molecule has 0 radical (unpaired) electrons. The Hall–Kier alpha value is -0.570. The highest BCUT2D eigenvalue weighted by atomic mass is 16.2. The maximum atomic E-state index is 11.9. The fourth-order valence-corrected chi connectivity index (χ4v) is 2.48. The van der Waals surface area contributed by atoms with E-state index in [-0.39, 0.29) is 11.8 Å². The van der Waals surface area contributed by atoms with Crippen molar-refractivity contribution in [2.45, 2.75) is 45.1 Å². The summed E-state index contributed by atoms with van der Waals surface area (Å²) >= 11 is 0. The first-order chi connectivity index (χ1) is 7.27. The van der Waals surface area contributed by atoms with Crippen molar-refractivity contribution < 1.29 is 4.79 Å². The summed E-state index contributed by atoms with van der Waals surface area (Å²) in [6.45, 7) is 4.09. The lowest BCUT2D eigenvalue weighted by molar-refractivity contribution is -0.126. The van der Waals surface area contributed by atoms with E-state index >= 15 is 0 Å². The zero-order chi connectivity index (χ0) is 10.7. The maximum Gasteiger partial charge on any atom is 0.224 e. The van der Waals surface area contributed by atoms with Crippen LogP contribution in [-0.2, 0) is 4.79 Å². The number of nitrogens with one attached hydrogen (secondary N) is 2. The van der Waals surface area contributed by atoms with Crippen LogP contribution >= 0.6 is 0 Å². The molecule has 3 nitrogen and oxygen atoms in total. The summed E-state index contributed by atoms with van der Waals surface area (Å²) < 4.78 is 0. The molecule has 0 spiro atoms. The van der Waals surface area contributed by atoms with E-state index in [9.17, 15) is 4.79 Å². The molecule has 2 aliphatic rings. The van der Waals surface area contributed by atoms with E-state index in [2.05, 4.69) is 17.6 Å². The predicted octanol–water partition coefficient (Wildman–Crippen LogP) is 1.29. The third-order valence-corrected chi connectivity index (χ3v) is 3.89. The summed E-state index contributed by atoms with van der Waals surface area (Å²) in [6, 6.07) is 0.383. The van der Waals surface area contributed by atoms with Crippen LogP contribution in [0, 0.1) is 11.8 Å². The van der Waals surface area contributed by atoms with Crippen LogP contribution in [0.1, 0.15) is 39.0 Å². The Morgan fingerprint density at radius 2 is 2.13 bits per heavy atom. The van der Waals surface area contributed by atoms with Gasteiger partial charge >= 0.3 is 0 Å². The summed E-state index contributed by atoms with van der Waals surface area (Å²) in [6.07, 6.45) is 6.12. The number of hydrogen-bond donors (Lipinski definition) is 2. The second kappa shape index (κ2) is 4.97. The highest BCUT2D eigenvalue weighted by Gasteiger charge is 2.27. The van der Waals surface area contributed by atoms with Gasteiger partial charge in [0.25, 0.3) is 0 Å². The van der Waals surface area contributed by atoms with Crippen LogP contribution in [0.4, 0.5) is 0 Å². The predicted molar refractivity (Wildman–Crippen MR) is 60.5 cm³/mol. The van der Waals surface area contributed by atoms with Crippen LogP contribution in [0.25, 0.3) is 0 Å². The molecule has 2 fully saturated rings. The van der Waals surface area contributed by atoms with Gasteiger partial charge in [-0.3, -0.25) is 4.79 Å². The van der Waals surface area contributed by atoms with Gasteiger partial charge in [-0.1, -0.05) is 6.42 Å². The molecule has 86 valence electrons. The van der Waals surface area contributed by atoms with Gasteiger partial charge < -0.3 is 10.6 Å². The fraction of sp³-hybridized carbons (Fsp3) is 0.917. The van der Waals surface area contributed by atoms with Crippen molar-refractivity contribution in [1.82, 2.24) is 10.6 Å². The van der Waals surface area contributed by atoms with Gasteiger partial charge in [0.1, 0.15) is 0 Å². The molecule has 3 heteroatoms. The van der Waals surface area contributed by atoms with Crippen molar-refractivity contribution in [2.24, 2.45) is 11.8 Å². The second-order valence-electron chi connectivity index (χ2n) is 5.03. The minimum absolute atomic E-state index is 0.210. The number of carbonyl (C=O) groups is 1. The molecule has 0 aromatic heterocycles. The first kappa shape index (κ1) is 10.9. The van der Waals surface area contributed by atoms with Crippen molar-refractivity contribution >= 4 is 5.91 Å². The van der Waals surface area contributed by atoms with Gasteiger partial charge in [0.2, 0.25) is 5.91 Å². The highest BCUT2D eigenvalue weighted by molar-refractivity contribution is 5.79. The lowest BCUT2D eigenvalue weighted by atomic mass is 9.80. The third-order valence-electron chi connectivity index (χ3n) is 3.89. The van der Waals surface area contributed by atoms with Gasteiger partial charge in [0.15, 0.2) is 0 Å². The Kier molecular flexibility index (Phi) is 3.62. The van der Waals surface area contributed by atoms with Crippen LogP contribution < -0.4 is 10.6 Å².